The number of nitro benzene ring substituents is 1. The summed E-state index contributed by atoms with van der Waals surface area (Å²) in [6.45, 7) is 1.31. The zero-order chi connectivity index (χ0) is 14.8. The van der Waals surface area contributed by atoms with Crippen molar-refractivity contribution in [1.82, 2.24) is 0 Å². The van der Waals surface area contributed by atoms with Gasteiger partial charge in [0.1, 0.15) is 0 Å². The van der Waals surface area contributed by atoms with Crippen LogP contribution in [0.4, 0.5) is 28.9 Å². The molecule has 0 heterocycles. The largest absolute Gasteiger partial charge is 0.383 e. The van der Waals surface area contributed by atoms with Crippen LogP contribution in [-0.4, -0.2) is 23.2 Å². The van der Waals surface area contributed by atoms with Crippen molar-refractivity contribution in [2.24, 2.45) is 0 Å². The van der Waals surface area contributed by atoms with E-state index in [-0.39, 0.29) is 16.9 Å². The van der Waals surface area contributed by atoms with Gasteiger partial charge in [0.05, 0.1) is 4.92 Å². The zero-order valence-corrected chi connectivity index (χ0v) is 9.49. The Morgan fingerprint density at radius 1 is 1.42 bits per heavy atom. The summed E-state index contributed by atoms with van der Waals surface area (Å²) in [4.78, 5) is 20.7. The molecule has 1 aromatic carbocycles. The van der Waals surface area contributed by atoms with Crippen LogP contribution in [0, 0.1) is 17.0 Å². The fourth-order valence-electron chi connectivity index (χ4n) is 1.21. The maximum Gasteiger partial charge on any atom is 0.383 e. The van der Waals surface area contributed by atoms with Crippen molar-refractivity contribution in [3.8, 4) is 0 Å². The van der Waals surface area contributed by atoms with E-state index in [9.17, 15) is 32.5 Å². The number of rotatable bonds is 4. The molecule has 0 bridgehead atoms. The Bertz CT molecular complexity index is 519. The van der Waals surface area contributed by atoms with Crippen LogP contribution >= 0.6 is 0 Å². The molecule has 0 aliphatic heterocycles. The maximum atomic E-state index is 12.7. The van der Waals surface area contributed by atoms with E-state index in [1.165, 1.54) is 6.92 Å². The Balaban J connectivity index is 2.95. The molecule has 0 unspecified atom stereocenters. The zero-order valence-electron chi connectivity index (χ0n) is 9.49. The summed E-state index contributed by atoms with van der Waals surface area (Å²) in [5.41, 5.74) is -0.403. The van der Waals surface area contributed by atoms with Gasteiger partial charge in [0, 0.05) is 17.8 Å². The van der Waals surface area contributed by atoms with Crippen LogP contribution in [0.15, 0.2) is 18.2 Å². The molecule has 1 rings (SSSR count). The number of nitrogens with one attached hydrogen (secondary N) is 1. The molecule has 0 aromatic heterocycles. The number of carbonyl (C=O) groups excluding carboxylic acids is 1. The van der Waals surface area contributed by atoms with Gasteiger partial charge in [0.2, 0.25) is 0 Å². The Morgan fingerprint density at radius 2 is 2.00 bits per heavy atom. The minimum Gasteiger partial charge on any atom is -0.320 e. The Labute approximate surface area is 104 Å². The van der Waals surface area contributed by atoms with Gasteiger partial charge in [0.25, 0.3) is 5.69 Å². The lowest BCUT2D eigenvalue weighted by molar-refractivity contribution is -0.384. The first-order chi connectivity index (χ1) is 8.66. The molecule has 19 heavy (non-hydrogen) atoms. The summed E-state index contributed by atoms with van der Waals surface area (Å²) in [7, 11) is 0. The van der Waals surface area contributed by atoms with Gasteiger partial charge in [-0.05, 0) is 18.6 Å². The van der Waals surface area contributed by atoms with Crippen LogP contribution in [-0.2, 0) is 4.79 Å². The summed E-state index contributed by atoms with van der Waals surface area (Å²) < 4.78 is 49.3. The number of non-ortho nitro benzene ring substituents is 1. The van der Waals surface area contributed by atoms with E-state index in [1.807, 2.05) is 0 Å². The molecule has 0 fully saturated rings. The number of amides is 1. The molecule has 0 aliphatic rings. The van der Waals surface area contributed by atoms with Crippen molar-refractivity contribution in [2.75, 3.05) is 5.32 Å². The van der Waals surface area contributed by atoms with Gasteiger partial charge < -0.3 is 5.32 Å². The fraction of sp³-hybridized carbons (Fsp3) is 0.300. The van der Waals surface area contributed by atoms with E-state index in [2.05, 4.69) is 0 Å². The summed E-state index contributed by atoms with van der Waals surface area (Å²) in [5.74, 6) is -6.99. The smallest absolute Gasteiger partial charge is 0.320 e. The average molecular weight is 280 g/mol. The van der Waals surface area contributed by atoms with Gasteiger partial charge in [-0.3, -0.25) is 14.9 Å². The van der Waals surface area contributed by atoms with Crippen LogP contribution in [0.5, 0.6) is 0 Å². The standard InChI is InChI=1S/C10H8F4N2O3/c1-5-4-6(16(18)19)2-3-7(5)15-9(17)10(13,14)8(11)12/h2-4,8H,1H3,(H,15,17). The predicted octanol–water partition coefficient (Wildman–Crippen LogP) is 2.74. The molecule has 0 aliphatic carbocycles. The van der Waals surface area contributed by atoms with E-state index in [0.29, 0.717) is 0 Å². The molecular weight excluding hydrogens is 272 g/mol. The van der Waals surface area contributed by atoms with Gasteiger partial charge in [-0.25, -0.2) is 8.78 Å². The van der Waals surface area contributed by atoms with E-state index < -0.39 is 23.2 Å². The lowest BCUT2D eigenvalue weighted by Gasteiger charge is -2.15. The number of hydrogen-bond donors (Lipinski definition) is 1. The minimum atomic E-state index is -4.83. The number of alkyl halides is 4. The first-order valence-corrected chi connectivity index (χ1v) is 4.88. The third-order valence-electron chi connectivity index (χ3n) is 2.25. The molecule has 1 amide bonds. The second-order valence-electron chi connectivity index (χ2n) is 3.63. The van der Waals surface area contributed by atoms with Crippen molar-refractivity contribution in [2.45, 2.75) is 19.3 Å². The Morgan fingerprint density at radius 3 is 2.42 bits per heavy atom. The third kappa shape index (κ3) is 3.18. The highest BCUT2D eigenvalue weighted by Gasteiger charge is 2.49. The van der Waals surface area contributed by atoms with Gasteiger partial charge in [-0.15, -0.1) is 0 Å². The molecule has 104 valence electrons. The molecule has 0 spiro atoms. The summed E-state index contributed by atoms with van der Waals surface area (Å²) in [5, 5.41) is 12.0. The highest BCUT2D eigenvalue weighted by atomic mass is 19.3. The molecule has 1 N–H and O–H groups in total. The van der Waals surface area contributed by atoms with Gasteiger partial charge >= 0.3 is 18.3 Å². The molecule has 0 saturated carbocycles. The number of halogens is 4. The lowest BCUT2D eigenvalue weighted by Crippen LogP contribution is -2.41. The lowest BCUT2D eigenvalue weighted by atomic mass is 10.1. The van der Waals surface area contributed by atoms with Gasteiger partial charge in [-0.1, -0.05) is 0 Å². The third-order valence-corrected chi connectivity index (χ3v) is 2.25. The van der Waals surface area contributed by atoms with Crippen molar-refractivity contribution >= 4 is 17.3 Å². The second-order valence-corrected chi connectivity index (χ2v) is 3.63. The van der Waals surface area contributed by atoms with Gasteiger partial charge in [0.15, 0.2) is 0 Å². The number of nitro groups is 1. The van der Waals surface area contributed by atoms with Crippen LogP contribution < -0.4 is 5.32 Å². The number of nitrogens with zero attached hydrogens (tertiary/aromatic N) is 1. The second kappa shape index (κ2) is 5.21. The SMILES string of the molecule is Cc1cc([N+](=O)[O-])ccc1NC(=O)C(F)(F)C(F)F. The monoisotopic (exact) mass is 280 g/mol. The van der Waals surface area contributed by atoms with Crippen molar-refractivity contribution in [3.05, 3.63) is 33.9 Å². The first-order valence-electron chi connectivity index (χ1n) is 4.88. The molecule has 0 radical (unpaired) electrons. The quantitative estimate of drug-likeness (QED) is 0.523. The van der Waals surface area contributed by atoms with E-state index >= 15 is 0 Å². The van der Waals surface area contributed by atoms with Crippen LogP contribution in [0.3, 0.4) is 0 Å². The summed E-state index contributed by atoms with van der Waals surface area (Å²) in [6, 6.07) is 2.98. The highest BCUT2D eigenvalue weighted by Crippen LogP contribution is 2.27. The molecule has 9 heteroatoms. The minimum absolute atomic E-state index is 0.104. The molecular formula is C10H8F4N2O3. The maximum absolute atomic E-state index is 12.7. The normalized spacial score (nSPS) is 11.5. The van der Waals surface area contributed by atoms with Crippen molar-refractivity contribution in [1.29, 1.82) is 0 Å². The van der Waals surface area contributed by atoms with Crippen LogP contribution in [0.25, 0.3) is 0 Å². The topological polar surface area (TPSA) is 72.2 Å². The van der Waals surface area contributed by atoms with E-state index in [1.54, 1.807) is 5.32 Å². The Hall–Kier alpha value is -2.19. The fourth-order valence-corrected chi connectivity index (χ4v) is 1.21. The number of hydrogen-bond acceptors (Lipinski definition) is 3. The predicted molar refractivity (Wildman–Crippen MR) is 57.4 cm³/mol. The van der Waals surface area contributed by atoms with Crippen LogP contribution in [0.2, 0.25) is 0 Å². The number of aryl methyl sites for hydroxylation is 1. The molecule has 0 atom stereocenters. The average Bonchev–Trinajstić information content (AvgIpc) is 2.30. The number of anilines is 1. The van der Waals surface area contributed by atoms with E-state index in [0.717, 1.165) is 18.2 Å². The highest BCUT2D eigenvalue weighted by molar-refractivity contribution is 5.97. The molecule has 1 aromatic rings. The van der Waals surface area contributed by atoms with Crippen LogP contribution in [0.1, 0.15) is 5.56 Å². The molecule has 5 nitrogen and oxygen atoms in total. The summed E-state index contributed by atoms with van der Waals surface area (Å²) in [6.07, 6.45) is -4.13. The number of benzene rings is 1. The van der Waals surface area contributed by atoms with Crippen molar-refractivity contribution in [3.63, 3.8) is 0 Å². The van der Waals surface area contributed by atoms with Gasteiger partial charge in [-0.2, -0.15) is 8.78 Å². The summed E-state index contributed by atoms with van der Waals surface area (Å²) >= 11 is 0. The first kappa shape index (κ1) is 14.9. The Kier molecular flexibility index (Phi) is 4.07. The number of carbonyl (C=O) groups is 1. The molecule has 0 saturated heterocycles. The van der Waals surface area contributed by atoms with Crippen molar-refractivity contribution < 1.29 is 27.3 Å². The van der Waals surface area contributed by atoms with E-state index in [4.69, 9.17) is 0 Å².